The van der Waals surface area contributed by atoms with Crippen molar-refractivity contribution in [2.75, 3.05) is 5.32 Å². The second-order valence-electron chi connectivity index (χ2n) is 5.67. The average Bonchev–Trinajstić information content (AvgIpc) is 2.95. The van der Waals surface area contributed by atoms with Gasteiger partial charge in [-0.2, -0.15) is 5.10 Å². The molecular weight excluding hydrogens is 304 g/mol. The molecule has 0 bridgehead atoms. The summed E-state index contributed by atoms with van der Waals surface area (Å²) in [6, 6.07) is 12.7. The van der Waals surface area contributed by atoms with Crippen molar-refractivity contribution in [2.45, 2.75) is 19.9 Å². The van der Waals surface area contributed by atoms with Crippen molar-refractivity contribution in [1.29, 1.82) is 0 Å². The Morgan fingerprint density at radius 1 is 1.21 bits per heavy atom. The lowest BCUT2D eigenvalue weighted by molar-refractivity contribution is -0.116. The highest BCUT2D eigenvalue weighted by Gasteiger charge is 2.08. The van der Waals surface area contributed by atoms with Crippen LogP contribution in [0.25, 0.3) is 10.9 Å². The molecule has 2 amide bonds. The molecule has 0 atom stereocenters. The molecule has 0 aliphatic carbocycles. The zero-order chi connectivity index (χ0) is 17.1. The van der Waals surface area contributed by atoms with E-state index in [0.29, 0.717) is 17.8 Å². The van der Waals surface area contributed by atoms with Crippen LogP contribution in [0.15, 0.2) is 48.7 Å². The van der Waals surface area contributed by atoms with Gasteiger partial charge in [-0.15, -0.1) is 0 Å². The lowest BCUT2D eigenvalue weighted by Crippen LogP contribution is -2.16. The summed E-state index contributed by atoms with van der Waals surface area (Å²) in [6.45, 7) is 2.50. The van der Waals surface area contributed by atoms with E-state index in [0.717, 1.165) is 16.5 Å². The Balaban J connectivity index is 1.66. The largest absolute Gasteiger partial charge is 0.366 e. The van der Waals surface area contributed by atoms with Gasteiger partial charge in [0, 0.05) is 23.1 Å². The Morgan fingerprint density at radius 3 is 2.83 bits per heavy atom. The summed E-state index contributed by atoms with van der Waals surface area (Å²) < 4.78 is 1.82. The van der Waals surface area contributed by atoms with E-state index in [2.05, 4.69) is 16.5 Å². The predicted molar refractivity (Wildman–Crippen MR) is 92.7 cm³/mol. The standard InChI is InChI=1S/C18H18N4O2/c1-12-5-6-14-11-20-22(16(14)9-12)8-7-17(23)21-15-4-2-3-13(10-15)18(19)24/h2-6,9-11H,7-8H2,1H3,(H2,19,24)(H,21,23). The SMILES string of the molecule is Cc1ccc2cnn(CCC(=O)Nc3cccc(C(N)=O)c3)c2c1. The number of carbonyl (C=O) groups is 2. The summed E-state index contributed by atoms with van der Waals surface area (Å²) in [6.07, 6.45) is 2.08. The van der Waals surface area contributed by atoms with Gasteiger partial charge < -0.3 is 11.1 Å². The number of hydrogen-bond acceptors (Lipinski definition) is 3. The Bertz CT molecular complexity index is 914. The summed E-state index contributed by atoms with van der Waals surface area (Å²) in [4.78, 5) is 23.3. The molecule has 3 N–H and O–H groups in total. The Labute approximate surface area is 139 Å². The first-order valence-electron chi connectivity index (χ1n) is 7.65. The number of nitrogens with zero attached hydrogens (tertiary/aromatic N) is 2. The maximum atomic E-state index is 12.1. The van der Waals surface area contributed by atoms with E-state index in [4.69, 9.17) is 5.73 Å². The zero-order valence-electron chi connectivity index (χ0n) is 13.3. The van der Waals surface area contributed by atoms with E-state index in [1.807, 2.05) is 23.7 Å². The predicted octanol–water partition coefficient (Wildman–Crippen LogP) is 2.47. The van der Waals surface area contributed by atoms with E-state index < -0.39 is 5.91 Å². The third-order valence-corrected chi connectivity index (χ3v) is 3.78. The molecular formula is C18H18N4O2. The van der Waals surface area contributed by atoms with Gasteiger partial charge in [-0.3, -0.25) is 14.3 Å². The lowest BCUT2D eigenvalue weighted by atomic mass is 10.2. The zero-order valence-corrected chi connectivity index (χ0v) is 13.3. The van der Waals surface area contributed by atoms with Gasteiger partial charge in [0.2, 0.25) is 11.8 Å². The number of carbonyl (C=O) groups excluding carboxylic acids is 2. The first kappa shape index (κ1) is 15.7. The van der Waals surface area contributed by atoms with Crippen LogP contribution in [-0.2, 0) is 11.3 Å². The molecule has 0 saturated carbocycles. The molecule has 1 heterocycles. The van der Waals surface area contributed by atoms with Crippen LogP contribution < -0.4 is 11.1 Å². The number of nitrogens with two attached hydrogens (primary N) is 1. The van der Waals surface area contributed by atoms with Gasteiger partial charge in [-0.1, -0.05) is 18.2 Å². The highest BCUT2D eigenvalue weighted by molar-refractivity contribution is 5.96. The summed E-state index contributed by atoms with van der Waals surface area (Å²) in [5, 5.41) is 8.15. The molecule has 6 heteroatoms. The van der Waals surface area contributed by atoms with Crippen molar-refractivity contribution in [1.82, 2.24) is 9.78 Å². The normalized spacial score (nSPS) is 10.7. The van der Waals surface area contributed by atoms with Crippen LogP contribution in [-0.4, -0.2) is 21.6 Å². The van der Waals surface area contributed by atoms with Crippen molar-refractivity contribution in [2.24, 2.45) is 5.73 Å². The smallest absolute Gasteiger partial charge is 0.248 e. The number of amides is 2. The third kappa shape index (κ3) is 3.43. The van der Waals surface area contributed by atoms with Gasteiger partial charge in [-0.05, 0) is 36.8 Å². The molecule has 24 heavy (non-hydrogen) atoms. The molecule has 0 fully saturated rings. The fourth-order valence-corrected chi connectivity index (χ4v) is 2.54. The van der Waals surface area contributed by atoms with Crippen molar-refractivity contribution >= 4 is 28.4 Å². The van der Waals surface area contributed by atoms with Gasteiger partial charge >= 0.3 is 0 Å². The number of aryl methyl sites for hydroxylation is 2. The number of rotatable bonds is 5. The minimum absolute atomic E-state index is 0.145. The molecule has 1 aromatic heterocycles. The monoisotopic (exact) mass is 322 g/mol. The minimum Gasteiger partial charge on any atom is -0.366 e. The van der Waals surface area contributed by atoms with Gasteiger partial charge in [0.25, 0.3) is 0 Å². The van der Waals surface area contributed by atoms with Crippen LogP contribution in [0.3, 0.4) is 0 Å². The topological polar surface area (TPSA) is 90.0 Å². The number of anilines is 1. The van der Waals surface area contributed by atoms with Crippen LogP contribution in [0.4, 0.5) is 5.69 Å². The minimum atomic E-state index is -0.524. The number of aromatic nitrogens is 2. The summed E-state index contributed by atoms with van der Waals surface area (Å²) in [5.41, 5.74) is 8.32. The quantitative estimate of drug-likeness (QED) is 0.756. The van der Waals surface area contributed by atoms with E-state index in [1.165, 1.54) is 0 Å². The third-order valence-electron chi connectivity index (χ3n) is 3.78. The summed E-state index contributed by atoms with van der Waals surface area (Å²) >= 11 is 0. The Kier molecular flexibility index (Phi) is 4.29. The fourth-order valence-electron chi connectivity index (χ4n) is 2.54. The van der Waals surface area contributed by atoms with E-state index in [1.54, 1.807) is 30.5 Å². The first-order chi connectivity index (χ1) is 11.5. The maximum Gasteiger partial charge on any atom is 0.248 e. The van der Waals surface area contributed by atoms with Crippen molar-refractivity contribution in [3.05, 3.63) is 59.8 Å². The number of nitrogens with one attached hydrogen (secondary N) is 1. The number of fused-ring (bicyclic) bond motifs is 1. The van der Waals surface area contributed by atoms with Crippen molar-refractivity contribution in [3.63, 3.8) is 0 Å². The molecule has 2 aromatic carbocycles. The fraction of sp³-hybridized carbons (Fsp3) is 0.167. The summed E-state index contributed by atoms with van der Waals surface area (Å²) in [5.74, 6) is -0.669. The molecule has 0 aliphatic rings. The molecule has 0 spiro atoms. The highest BCUT2D eigenvalue weighted by atomic mass is 16.2. The van der Waals surface area contributed by atoms with E-state index in [9.17, 15) is 9.59 Å². The van der Waals surface area contributed by atoms with Crippen molar-refractivity contribution < 1.29 is 9.59 Å². The molecule has 0 aliphatic heterocycles. The van der Waals surface area contributed by atoms with Crippen LogP contribution in [0.2, 0.25) is 0 Å². The average molecular weight is 322 g/mol. The maximum absolute atomic E-state index is 12.1. The number of benzene rings is 2. The van der Waals surface area contributed by atoms with Gasteiger partial charge in [0.15, 0.2) is 0 Å². The summed E-state index contributed by atoms with van der Waals surface area (Å²) in [7, 11) is 0. The second-order valence-corrected chi connectivity index (χ2v) is 5.67. The van der Waals surface area contributed by atoms with Crippen LogP contribution in [0, 0.1) is 6.92 Å². The van der Waals surface area contributed by atoms with Crippen LogP contribution >= 0.6 is 0 Å². The number of primary amides is 1. The molecule has 3 aromatic rings. The van der Waals surface area contributed by atoms with Gasteiger partial charge in [-0.25, -0.2) is 0 Å². The molecule has 0 unspecified atom stereocenters. The van der Waals surface area contributed by atoms with E-state index >= 15 is 0 Å². The molecule has 3 rings (SSSR count). The Hall–Kier alpha value is -3.15. The van der Waals surface area contributed by atoms with Crippen LogP contribution in [0.5, 0.6) is 0 Å². The molecule has 0 saturated heterocycles. The number of hydrogen-bond donors (Lipinski definition) is 2. The Morgan fingerprint density at radius 2 is 2.04 bits per heavy atom. The van der Waals surface area contributed by atoms with Crippen LogP contribution in [0.1, 0.15) is 22.3 Å². The molecule has 122 valence electrons. The van der Waals surface area contributed by atoms with Crippen molar-refractivity contribution in [3.8, 4) is 0 Å². The lowest BCUT2D eigenvalue weighted by Gasteiger charge is -2.07. The van der Waals surface area contributed by atoms with Gasteiger partial charge in [0.05, 0.1) is 18.3 Å². The molecule has 6 nitrogen and oxygen atoms in total. The molecule has 0 radical (unpaired) electrons. The second kappa shape index (κ2) is 6.54. The first-order valence-corrected chi connectivity index (χ1v) is 7.65. The van der Waals surface area contributed by atoms with E-state index in [-0.39, 0.29) is 12.3 Å². The highest BCUT2D eigenvalue weighted by Crippen LogP contribution is 2.16. The van der Waals surface area contributed by atoms with Gasteiger partial charge in [0.1, 0.15) is 0 Å².